The SMILES string of the molecule is Cc1nc(C)c(C(C)Nc2nccnc2C(N)=S)s1. The zero-order valence-electron chi connectivity index (χ0n) is 11.0. The highest BCUT2D eigenvalue weighted by atomic mass is 32.1. The molecule has 0 aromatic carbocycles. The highest BCUT2D eigenvalue weighted by Crippen LogP contribution is 2.27. The summed E-state index contributed by atoms with van der Waals surface area (Å²) in [5.74, 6) is 0.605. The smallest absolute Gasteiger partial charge is 0.155 e. The van der Waals surface area contributed by atoms with E-state index < -0.39 is 0 Å². The lowest BCUT2D eigenvalue weighted by molar-refractivity contribution is 0.875. The van der Waals surface area contributed by atoms with Gasteiger partial charge in [-0.15, -0.1) is 11.3 Å². The van der Waals surface area contributed by atoms with Gasteiger partial charge in [-0.3, -0.25) is 0 Å². The van der Waals surface area contributed by atoms with Crippen molar-refractivity contribution < 1.29 is 0 Å². The predicted molar refractivity (Wildman–Crippen MR) is 81.5 cm³/mol. The van der Waals surface area contributed by atoms with E-state index in [9.17, 15) is 0 Å². The molecule has 2 aromatic heterocycles. The molecule has 2 rings (SSSR count). The topological polar surface area (TPSA) is 76.7 Å². The zero-order chi connectivity index (χ0) is 14.0. The lowest BCUT2D eigenvalue weighted by Gasteiger charge is -2.15. The molecule has 1 atom stereocenters. The molecule has 0 spiro atoms. The van der Waals surface area contributed by atoms with Gasteiger partial charge >= 0.3 is 0 Å². The Morgan fingerprint density at radius 2 is 2.05 bits per heavy atom. The lowest BCUT2D eigenvalue weighted by Crippen LogP contribution is -2.17. The van der Waals surface area contributed by atoms with Gasteiger partial charge in [-0.05, 0) is 20.8 Å². The van der Waals surface area contributed by atoms with Crippen LogP contribution in [0.4, 0.5) is 5.82 Å². The fourth-order valence-corrected chi connectivity index (χ4v) is 2.92. The lowest BCUT2D eigenvalue weighted by atomic mass is 10.2. The molecule has 0 saturated heterocycles. The van der Waals surface area contributed by atoms with E-state index >= 15 is 0 Å². The second-order valence-electron chi connectivity index (χ2n) is 4.17. The van der Waals surface area contributed by atoms with Gasteiger partial charge in [0.1, 0.15) is 10.7 Å². The monoisotopic (exact) mass is 293 g/mol. The Hall–Kier alpha value is -1.60. The third kappa shape index (κ3) is 3.05. The van der Waals surface area contributed by atoms with Gasteiger partial charge in [-0.25, -0.2) is 15.0 Å². The van der Waals surface area contributed by atoms with Gasteiger partial charge < -0.3 is 11.1 Å². The van der Waals surface area contributed by atoms with Crippen LogP contribution < -0.4 is 11.1 Å². The van der Waals surface area contributed by atoms with E-state index in [1.54, 1.807) is 23.7 Å². The van der Waals surface area contributed by atoms with Crippen LogP contribution in [0.15, 0.2) is 12.4 Å². The Morgan fingerprint density at radius 3 is 2.63 bits per heavy atom. The van der Waals surface area contributed by atoms with Gasteiger partial charge in [0.25, 0.3) is 0 Å². The van der Waals surface area contributed by atoms with Crippen molar-refractivity contribution in [2.75, 3.05) is 5.32 Å². The van der Waals surface area contributed by atoms with E-state index in [2.05, 4.69) is 27.2 Å². The van der Waals surface area contributed by atoms with Crippen molar-refractivity contribution in [3.05, 3.63) is 33.7 Å². The fraction of sp³-hybridized carbons (Fsp3) is 0.333. The van der Waals surface area contributed by atoms with Crippen molar-refractivity contribution in [2.45, 2.75) is 26.8 Å². The van der Waals surface area contributed by atoms with Crippen molar-refractivity contribution in [3.63, 3.8) is 0 Å². The van der Waals surface area contributed by atoms with E-state index in [0.29, 0.717) is 11.5 Å². The van der Waals surface area contributed by atoms with Crippen LogP contribution in [0.5, 0.6) is 0 Å². The first-order chi connectivity index (χ1) is 8.99. The summed E-state index contributed by atoms with van der Waals surface area (Å²) in [4.78, 5) is 14.2. The standard InChI is InChI=1S/C12H15N5S2/c1-6-10(19-8(3)16-6)7(2)17-12-9(11(13)18)14-4-5-15-12/h4-5,7H,1-3H3,(H2,13,18)(H,15,17). The Balaban J connectivity index is 2.26. The van der Waals surface area contributed by atoms with Crippen LogP contribution in [-0.4, -0.2) is 19.9 Å². The first-order valence-corrected chi connectivity index (χ1v) is 7.02. The number of thiazole rings is 1. The molecule has 2 aromatic rings. The highest BCUT2D eigenvalue weighted by Gasteiger charge is 2.16. The maximum absolute atomic E-state index is 5.64. The van der Waals surface area contributed by atoms with Gasteiger partial charge in [0, 0.05) is 17.3 Å². The van der Waals surface area contributed by atoms with Crippen LogP contribution in [-0.2, 0) is 0 Å². The third-order valence-electron chi connectivity index (χ3n) is 2.62. The highest BCUT2D eigenvalue weighted by molar-refractivity contribution is 7.80. The summed E-state index contributed by atoms with van der Waals surface area (Å²) in [6.07, 6.45) is 3.19. The summed E-state index contributed by atoms with van der Waals surface area (Å²) in [6.45, 7) is 6.05. The number of nitrogens with two attached hydrogens (primary N) is 1. The van der Waals surface area contributed by atoms with Crippen LogP contribution >= 0.6 is 23.6 Å². The molecule has 0 fully saturated rings. The molecule has 0 amide bonds. The summed E-state index contributed by atoms with van der Waals surface area (Å²) >= 11 is 6.64. The Bertz CT molecular complexity index is 608. The van der Waals surface area contributed by atoms with Crippen LogP contribution in [0.25, 0.3) is 0 Å². The largest absolute Gasteiger partial charge is 0.388 e. The van der Waals surface area contributed by atoms with Crippen molar-refractivity contribution in [1.29, 1.82) is 0 Å². The maximum atomic E-state index is 5.64. The Kier molecular flexibility index (Phi) is 4.06. The summed E-state index contributed by atoms with van der Waals surface area (Å²) in [5.41, 5.74) is 7.19. The molecule has 2 heterocycles. The van der Waals surface area contributed by atoms with Gasteiger partial charge in [0.15, 0.2) is 5.82 Å². The number of aryl methyl sites for hydroxylation is 2. The molecule has 0 bridgehead atoms. The summed E-state index contributed by atoms with van der Waals surface area (Å²) in [7, 11) is 0. The van der Waals surface area contributed by atoms with E-state index in [4.69, 9.17) is 18.0 Å². The fourth-order valence-electron chi connectivity index (χ4n) is 1.84. The normalized spacial score (nSPS) is 12.2. The number of anilines is 1. The third-order valence-corrected chi connectivity index (χ3v) is 4.07. The number of hydrogen-bond acceptors (Lipinski definition) is 6. The summed E-state index contributed by atoms with van der Waals surface area (Å²) in [6, 6.07) is 0.0796. The van der Waals surface area contributed by atoms with Gasteiger partial charge in [0.2, 0.25) is 0 Å². The van der Waals surface area contributed by atoms with Crippen LogP contribution in [0.1, 0.15) is 34.2 Å². The Labute approximate surface area is 121 Å². The average Bonchev–Trinajstić information content (AvgIpc) is 2.69. The molecular weight excluding hydrogens is 278 g/mol. The quantitative estimate of drug-likeness (QED) is 0.843. The van der Waals surface area contributed by atoms with Crippen molar-refractivity contribution in [1.82, 2.24) is 15.0 Å². The maximum Gasteiger partial charge on any atom is 0.155 e. The second kappa shape index (κ2) is 5.58. The molecule has 0 saturated carbocycles. The molecule has 0 aliphatic carbocycles. The van der Waals surface area contributed by atoms with Crippen molar-refractivity contribution in [3.8, 4) is 0 Å². The number of nitrogens with zero attached hydrogens (tertiary/aromatic N) is 3. The van der Waals surface area contributed by atoms with Crippen LogP contribution in [0.3, 0.4) is 0 Å². The first kappa shape index (κ1) is 13.8. The predicted octanol–water partition coefficient (Wildman–Crippen LogP) is 2.36. The molecule has 100 valence electrons. The number of thiocarbonyl (C=S) groups is 1. The molecule has 1 unspecified atom stereocenters. The van der Waals surface area contributed by atoms with Gasteiger partial charge in [0.05, 0.1) is 16.7 Å². The van der Waals surface area contributed by atoms with E-state index in [0.717, 1.165) is 10.7 Å². The molecule has 0 aliphatic heterocycles. The van der Waals surface area contributed by atoms with E-state index in [1.807, 2.05) is 13.8 Å². The van der Waals surface area contributed by atoms with Gasteiger partial charge in [-0.2, -0.15) is 0 Å². The van der Waals surface area contributed by atoms with Gasteiger partial charge in [-0.1, -0.05) is 12.2 Å². The minimum atomic E-state index is 0.0796. The molecule has 0 aliphatic rings. The zero-order valence-corrected chi connectivity index (χ0v) is 12.6. The summed E-state index contributed by atoms with van der Waals surface area (Å²) in [5, 5.41) is 4.34. The number of aromatic nitrogens is 3. The number of rotatable bonds is 4. The van der Waals surface area contributed by atoms with Crippen LogP contribution in [0.2, 0.25) is 0 Å². The average molecular weight is 293 g/mol. The Morgan fingerprint density at radius 1 is 1.37 bits per heavy atom. The molecule has 0 radical (unpaired) electrons. The second-order valence-corrected chi connectivity index (χ2v) is 5.84. The van der Waals surface area contributed by atoms with E-state index in [1.165, 1.54) is 4.88 Å². The minimum Gasteiger partial charge on any atom is -0.388 e. The number of hydrogen-bond donors (Lipinski definition) is 2. The van der Waals surface area contributed by atoms with E-state index in [-0.39, 0.29) is 11.0 Å². The molecule has 7 heteroatoms. The summed E-state index contributed by atoms with van der Waals surface area (Å²) < 4.78 is 0. The minimum absolute atomic E-state index is 0.0796. The first-order valence-electron chi connectivity index (χ1n) is 5.80. The van der Waals surface area contributed by atoms with Crippen molar-refractivity contribution in [2.24, 2.45) is 5.73 Å². The van der Waals surface area contributed by atoms with Crippen molar-refractivity contribution >= 4 is 34.4 Å². The molecular formula is C12H15N5S2. The molecule has 3 N–H and O–H groups in total. The number of nitrogens with one attached hydrogen (secondary N) is 1. The molecule has 5 nitrogen and oxygen atoms in total. The molecule has 19 heavy (non-hydrogen) atoms. The van der Waals surface area contributed by atoms with Crippen LogP contribution in [0, 0.1) is 13.8 Å².